The van der Waals surface area contributed by atoms with Crippen LogP contribution in [0.4, 0.5) is 0 Å². The summed E-state index contributed by atoms with van der Waals surface area (Å²) in [6.07, 6.45) is 2.98. The summed E-state index contributed by atoms with van der Waals surface area (Å²) in [7, 11) is 1.64. The topological polar surface area (TPSA) is 63.7 Å². The highest BCUT2D eigenvalue weighted by Gasteiger charge is 2.38. The van der Waals surface area contributed by atoms with Gasteiger partial charge in [-0.3, -0.25) is 9.59 Å². The maximum absolute atomic E-state index is 11.4. The fourth-order valence-electron chi connectivity index (χ4n) is 1.36. The van der Waals surface area contributed by atoms with Crippen molar-refractivity contribution in [1.82, 2.24) is 5.06 Å². The van der Waals surface area contributed by atoms with Crippen molar-refractivity contribution in [3.8, 4) is 0 Å². The number of thioether (sulfide) groups is 1. The molecule has 1 unspecified atom stereocenters. The molecule has 0 bridgehead atoms. The van der Waals surface area contributed by atoms with Crippen LogP contribution < -0.4 is 0 Å². The number of rotatable bonds is 5. The second-order valence-electron chi connectivity index (χ2n) is 3.69. The molecule has 88 valence electrons. The number of amides is 2. The average Bonchev–Trinajstić information content (AvgIpc) is 2.46. The third-order valence-electron chi connectivity index (χ3n) is 2.25. The second-order valence-corrected chi connectivity index (χ2v) is 4.68. The molecule has 0 aromatic carbocycles. The Hall–Kier alpha value is -0.975. The Morgan fingerprint density at radius 3 is 2.81 bits per heavy atom. The molecule has 1 aliphatic rings. The molecule has 0 N–H and O–H groups in total. The van der Waals surface area contributed by atoms with Crippen LogP contribution in [0.1, 0.15) is 19.3 Å². The van der Waals surface area contributed by atoms with Crippen LogP contribution in [-0.4, -0.2) is 42.7 Å². The van der Waals surface area contributed by atoms with Gasteiger partial charge in [0, 0.05) is 18.7 Å². The molecule has 16 heavy (non-hydrogen) atoms. The summed E-state index contributed by atoms with van der Waals surface area (Å²) in [6, 6.07) is 0. The maximum atomic E-state index is 11.4. The first-order valence-electron chi connectivity index (χ1n) is 5.12. The van der Waals surface area contributed by atoms with Gasteiger partial charge in [-0.05, 0) is 18.4 Å². The molecule has 1 fully saturated rings. The minimum atomic E-state index is -0.523. The largest absolute Gasteiger partial charge is 0.333 e. The van der Waals surface area contributed by atoms with E-state index in [2.05, 4.69) is 0 Å². The van der Waals surface area contributed by atoms with E-state index >= 15 is 0 Å². The summed E-state index contributed by atoms with van der Waals surface area (Å²) in [6.45, 7) is 0. The summed E-state index contributed by atoms with van der Waals surface area (Å²) < 4.78 is 0. The fraction of sp³-hybridized carbons (Fsp3) is 0.667. The number of hydroxylamine groups is 2. The minimum absolute atomic E-state index is 0.122. The highest BCUT2D eigenvalue weighted by atomic mass is 32.2. The second kappa shape index (κ2) is 5.93. The van der Waals surface area contributed by atoms with Gasteiger partial charge >= 0.3 is 5.97 Å². The normalized spacial score (nSPS) is 20.3. The first-order chi connectivity index (χ1) is 7.56. The van der Waals surface area contributed by atoms with Crippen LogP contribution in [-0.2, 0) is 19.2 Å². The SMILES string of the molecule is BC1CC(=O)N(OC(=O)CCCSC)C1=O. The Bertz CT molecular complexity index is 310. The minimum Gasteiger partial charge on any atom is -0.330 e. The molecular weight excluding hydrogens is 229 g/mol. The first-order valence-corrected chi connectivity index (χ1v) is 6.52. The standard InChI is InChI=1S/C9H14BNO4S/c1-16-4-2-3-8(13)15-11-7(12)5-6(10)9(11)14/h6H,2-5,10H2,1H3. The lowest BCUT2D eigenvalue weighted by molar-refractivity contribution is -0.197. The smallest absolute Gasteiger partial charge is 0.330 e. The molecule has 0 aromatic heterocycles. The van der Waals surface area contributed by atoms with Gasteiger partial charge < -0.3 is 4.84 Å². The van der Waals surface area contributed by atoms with E-state index in [1.54, 1.807) is 19.6 Å². The van der Waals surface area contributed by atoms with Gasteiger partial charge in [-0.2, -0.15) is 11.8 Å². The molecule has 1 heterocycles. The van der Waals surface area contributed by atoms with E-state index in [-0.39, 0.29) is 18.7 Å². The summed E-state index contributed by atoms with van der Waals surface area (Å²) in [5, 5.41) is 0.603. The molecule has 5 nitrogen and oxygen atoms in total. The highest BCUT2D eigenvalue weighted by Crippen LogP contribution is 2.22. The predicted octanol–water partition coefficient (Wildman–Crippen LogP) is -0.232. The van der Waals surface area contributed by atoms with Crippen LogP contribution in [0.5, 0.6) is 0 Å². The molecule has 1 rings (SSSR count). The van der Waals surface area contributed by atoms with E-state index < -0.39 is 17.8 Å². The molecule has 0 aromatic rings. The van der Waals surface area contributed by atoms with Gasteiger partial charge in [0.1, 0.15) is 7.85 Å². The van der Waals surface area contributed by atoms with Crippen molar-refractivity contribution in [2.45, 2.75) is 25.1 Å². The van der Waals surface area contributed by atoms with Crippen molar-refractivity contribution < 1.29 is 19.2 Å². The van der Waals surface area contributed by atoms with Gasteiger partial charge in [0.25, 0.3) is 11.8 Å². The number of nitrogens with zero attached hydrogens (tertiary/aromatic N) is 1. The first kappa shape index (κ1) is 13.1. The Balaban J connectivity index is 2.39. The van der Waals surface area contributed by atoms with E-state index in [0.29, 0.717) is 11.5 Å². The number of imide groups is 1. The van der Waals surface area contributed by atoms with Crippen molar-refractivity contribution >= 4 is 37.4 Å². The van der Waals surface area contributed by atoms with Crippen molar-refractivity contribution in [2.24, 2.45) is 0 Å². The van der Waals surface area contributed by atoms with Gasteiger partial charge in [-0.25, -0.2) is 4.79 Å². The molecule has 0 radical (unpaired) electrons. The zero-order valence-electron chi connectivity index (χ0n) is 9.39. The zero-order chi connectivity index (χ0) is 12.1. The van der Waals surface area contributed by atoms with Crippen LogP contribution >= 0.6 is 11.8 Å². The number of hydrogen-bond donors (Lipinski definition) is 0. The maximum Gasteiger partial charge on any atom is 0.333 e. The summed E-state index contributed by atoms with van der Waals surface area (Å²) >= 11 is 1.63. The van der Waals surface area contributed by atoms with E-state index in [1.807, 2.05) is 6.26 Å². The van der Waals surface area contributed by atoms with Crippen LogP contribution in [0.3, 0.4) is 0 Å². The Morgan fingerprint density at radius 2 is 2.31 bits per heavy atom. The van der Waals surface area contributed by atoms with Crippen molar-refractivity contribution in [2.75, 3.05) is 12.0 Å². The Morgan fingerprint density at radius 1 is 1.62 bits per heavy atom. The van der Waals surface area contributed by atoms with Crippen molar-refractivity contribution in [3.05, 3.63) is 0 Å². The van der Waals surface area contributed by atoms with Gasteiger partial charge in [0.05, 0.1) is 0 Å². The summed E-state index contributed by atoms with van der Waals surface area (Å²) in [4.78, 5) is 38.7. The zero-order valence-corrected chi connectivity index (χ0v) is 10.2. The average molecular weight is 243 g/mol. The number of hydrogen-bond acceptors (Lipinski definition) is 5. The van der Waals surface area contributed by atoms with Gasteiger partial charge in [0.15, 0.2) is 0 Å². The monoisotopic (exact) mass is 243 g/mol. The van der Waals surface area contributed by atoms with Crippen molar-refractivity contribution in [1.29, 1.82) is 0 Å². The van der Waals surface area contributed by atoms with Crippen LogP contribution in [0.2, 0.25) is 5.82 Å². The van der Waals surface area contributed by atoms with Crippen LogP contribution in [0, 0.1) is 0 Å². The van der Waals surface area contributed by atoms with Gasteiger partial charge in [0.2, 0.25) is 0 Å². The molecular formula is C9H14BNO4S. The third kappa shape index (κ3) is 3.26. The van der Waals surface area contributed by atoms with E-state index in [4.69, 9.17) is 4.84 Å². The fourth-order valence-corrected chi connectivity index (χ4v) is 1.79. The molecule has 0 spiro atoms. The molecule has 7 heteroatoms. The lowest BCUT2D eigenvalue weighted by Crippen LogP contribution is -2.32. The van der Waals surface area contributed by atoms with Gasteiger partial charge in [-0.15, -0.1) is 5.06 Å². The Labute approximate surface area is 99.2 Å². The molecule has 2 amide bonds. The van der Waals surface area contributed by atoms with E-state index in [0.717, 1.165) is 5.75 Å². The third-order valence-corrected chi connectivity index (χ3v) is 2.95. The van der Waals surface area contributed by atoms with E-state index in [9.17, 15) is 14.4 Å². The summed E-state index contributed by atoms with van der Waals surface area (Å²) in [5.41, 5.74) is 0. The molecule has 1 atom stereocenters. The molecule has 1 aliphatic heterocycles. The molecule has 1 saturated heterocycles. The lowest BCUT2D eigenvalue weighted by Gasteiger charge is -2.12. The van der Waals surface area contributed by atoms with E-state index in [1.165, 1.54) is 0 Å². The molecule has 0 aliphatic carbocycles. The predicted molar refractivity (Wildman–Crippen MR) is 62.5 cm³/mol. The highest BCUT2D eigenvalue weighted by molar-refractivity contribution is 7.98. The summed E-state index contributed by atoms with van der Waals surface area (Å²) in [5.74, 6) is -0.914. The van der Waals surface area contributed by atoms with Crippen LogP contribution in [0.25, 0.3) is 0 Å². The number of carbonyl (C=O) groups is 3. The van der Waals surface area contributed by atoms with Crippen molar-refractivity contribution in [3.63, 3.8) is 0 Å². The molecule has 0 saturated carbocycles. The van der Waals surface area contributed by atoms with Gasteiger partial charge in [-0.1, -0.05) is 0 Å². The van der Waals surface area contributed by atoms with Crippen LogP contribution in [0.15, 0.2) is 0 Å². The quantitative estimate of drug-likeness (QED) is 0.379. The number of carbonyl (C=O) groups excluding carboxylic acids is 3. The Kier molecular flexibility index (Phi) is 4.85. The lowest BCUT2D eigenvalue weighted by atomic mass is 9.86.